The SMILES string of the molecule is C[C@@H]1CN([C@@H](C)C(=O)Nc2sccc2C#N)C[C@@H](C)O1. The first kappa shape index (κ1) is 15.0. The van der Waals surface area contributed by atoms with E-state index in [0.717, 1.165) is 13.1 Å². The maximum Gasteiger partial charge on any atom is 0.242 e. The van der Waals surface area contributed by atoms with Gasteiger partial charge in [0.05, 0.1) is 23.8 Å². The van der Waals surface area contributed by atoms with E-state index in [0.29, 0.717) is 10.6 Å². The van der Waals surface area contributed by atoms with Gasteiger partial charge in [0.15, 0.2) is 0 Å². The van der Waals surface area contributed by atoms with Crippen molar-refractivity contribution in [1.29, 1.82) is 5.26 Å². The molecule has 1 fully saturated rings. The van der Waals surface area contributed by atoms with Gasteiger partial charge < -0.3 is 10.1 Å². The number of nitrogens with zero attached hydrogens (tertiary/aromatic N) is 2. The van der Waals surface area contributed by atoms with Crippen LogP contribution in [0, 0.1) is 11.3 Å². The molecule has 1 aliphatic heterocycles. The Bertz CT molecular complexity index is 513. The average Bonchev–Trinajstić information content (AvgIpc) is 2.83. The average molecular weight is 293 g/mol. The minimum Gasteiger partial charge on any atom is -0.373 e. The van der Waals surface area contributed by atoms with Gasteiger partial charge in [-0.15, -0.1) is 11.3 Å². The van der Waals surface area contributed by atoms with Gasteiger partial charge >= 0.3 is 0 Å². The molecule has 1 amide bonds. The van der Waals surface area contributed by atoms with Gasteiger partial charge in [0, 0.05) is 13.1 Å². The molecule has 1 N–H and O–H groups in total. The third kappa shape index (κ3) is 3.37. The van der Waals surface area contributed by atoms with Crippen LogP contribution in [-0.4, -0.2) is 42.1 Å². The van der Waals surface area contributed by atoms with Crippen molar-refractivity contribution in [2.45, 2.75) is 39.0 Å². The zero-order chi connectivity index (χ0) is 14.7. The van der Waals surface area contributed by atoms with Crippen LogP contribution in [0.15, 0.2) is 11.4 Å². The van der Waals surface area contributed by atoms with Crippen LogP contribution in [0.4, 0.5) is 5.00 Å². The van der Waals surface area contributed by atoms with E-state index in [1.165, 1.54) is 11.3 Å². The second kappa shape index (κ2) is 6.35. The van der Waals surface area contributed by atoms with E-state index >= 15 is 0 Å². The second-order valence-electron chi connectivity index (χ2n) is 5.15. The lowest BCUT2D eigenvalue weighted by molar-refractivity contribution is -0.126. The van der Waals surface area contributed by atoms with Crippen LogP contribution in [0.1, 0.15) is 26.3 Å². The Balaban J connectivity index is 2.00. The highest BCUT2D eigenvalue weighted by Crippen LogP contribution is 2.23. The summed E-state index contributed by atoms with van der Waals surface area (Å²) in [5.41, 5.74) is 0.513. The molecule has 0 aromatic carbocycles. The van der Waals surface area contributed by atoms with Crippen molar-refractivity contribution in [3.05, 3.63) is 17.0 Å². The van der Waals surface area contributed by atoms with Crippen LogP contribution in [0.25, 0.3) is 0 Å². The molecule has 1 aliphatic rings. The Labute approximate surface area is 123 Å². The number of nitrogens with one attached hydrogen (secondary N) is 1. The Kier molecular flexibility index (Phi) is 4.76. The number of amides is 1. The maximum absolute atomic E-state index is 12.3. The summed E-state index contributed by atoms with van der Waals surface area (Å²) in [4.78, 5) is 14.4. The van der Waals surface area contributed by atoms with Crippen molar-refractivity contribution in [3.63, 3.8) is 0 Å². The van der Waals surface area contributed by atoms with Crippen LogP contribution < -0.4 is 5.32 Å². The van der Waals surface area contributed by atoms with Gasteiger partial charge in [0.1, 0.15) is 11.1 Å². The zero-order valence-electron chi connectivity index (χ0n) is 11.9. The number of thiophene rings is 1. The fraction of sp³-hybridized carbons (Fsp3) is 0.571. The Morgan fingerprint density at radius 1 is 1.55 bits per heavy atom. The Morgan fingerprint density at radius 2 is 2.20 bits per heavy atom. The van der Waals surface area contributed by atoms with Crippen molar-refractivity contribution in [1.82, 2.24) is 4.90 Å². The number of carbonyl (C=O) groups is 1. The molecule has 5 nitrogen and oxygen atoms in total. The molecule has 2 heterocycles. The van der Waals surface area contributed by atoms with Crippen molar-refractivity contribution in [3.8, 4) is 6.07 Å². The molecular formula is C14H19N3O2S. The molecule has 0 saturated carbocycles. The smallest absolute Gasteiger partial charge is 0.242 e. The predicted molar refractivity (Wildman–Crippen MR) is 78.7 cm³/mol. The minimum atomic E-state index is -0.238. The normalized spacial score (nSPS) is 24.9. The zero-order valence-corrected chi connectivity index (χ0v) is 12.7. The predicted octanol–water partition coefficient (Wildman–Crippen LogP) is 2.06. The van der Waals surface area contributed by atoms with E-state index in [-0.39, 0.29) is 24.2 Å². The van der Waals surface area contributed by atoms with Crippen LogP contribution in [0.3, 0.4) is 0 Å². The summed E-state index contributed by atoms with van der Waals surface area (Å²) in [7, 11) is 0. The van der Waals surface area contributed by atoms with Gasteiger partial charge in [-0.3, -0.25) is 9.69 Å². The monoisotopic (exact) mass is 293 g/mol. The second-order valence-corrected chi connectivity index (χ2v) is 6.07. The van der Waals surface area contributed by atoms with E-state index in [9.17, 15) is 4.79 Å². The lowest BCUT2D eigenvalue weighted by atomic mass is 10.1. The summed E-state index contributed by atoms with van der Waals surface area (Å²) < 4.78 is 5.67. The first-order valence-corrected chi connectivity index (χ1v) is 7.57. The fourth-order valence-electron chi connectivity index (χ4n) is 2.41. The van der Waals surface area contributed by atoms with Gasteiger partial charge in [0.25, 0.3) is 0 Å². The van der Waals surface area contributed by atoms with Gasteiger partial charge in [-0.2, -0.15) is 5.26 Å². The Morgan fingerprint density at radius 3 is 2.80 bits per heavy atom. The summed E-state index contributed by atoms with van der Waals surface area (Å²) >= 11 is 1.37. The molecule has 1 aromatic heterocycles. The fourth-order valence-corrected chi connectivity index (χ4v) is 3.15. The summed E-state index contributed by atoms with van der Waals surface area (Å²) in [6, 6.07) is 3.55. The summed E-state index contributed by atoms with van der Waals surface area (Å²) in [6.07, 6.45) is 0.260. The maximum atomic E-state index is 12.3. The number of ether oxygens (including phenoxy) is 1. The highest BCUT2D eigenvalue weighted by molar-refractivity contribution is 7.14. The number of nitriles is 1. The van der Waals surface area contributed by atoms with E-state index in [1.54, 1.807) is 11.4 Å². The lowest BCUT2D eigenvalue weighted by Crippen LogP contribution is -2.52. The minimum absolute atomic E-state index is 0.0785. The standard InChI is InChI=1S/C14H19N3O2S/c1-9-7-17(8-10(2)19-9)11(3)13(18)16-14-12(6-15)4-5-20-14/h4-5,9-11H,7-8H2,1-3H3,(H,16,18)/t9-,10-,11+/m1/s1. The van der Waals surface area contributed by atoms with Gasteiger partial charge in [0.2, 0.25) is 5.91 Å². The summed E-state index contributed by atoms with van der Waals surface area (Å²) in [5, 5.41) is 14.2. The molecule has 108 valence electrons. The molecule has 0 bridgehead atoms. The number of morpholine rings is 1. The number of rotatable bonds is 3. The van der Waals surface area contributed by atoms with Crippen LogP contribution in [0.2, 0.25) is 0 Å². The quantitative estimate of drug-likeness (QED) is 0.926. The highest BCUT2D eigenvalue weighted by Gasteiger charge is 2.29. The van der Waals surface area contributed by atoms with Crippen molar-refractivity contribution in [2.24, 2.45) is 0 Å². The number of hydrogen-bond donors (Lipinski definition) is 1. The van der Waals surface area contributed by atoms with E-state index in [1.807, 2.05) is 20.8 Å². The molecule has 1 saturated heterocycles. The largest absolute Gasteiger partial charge is 0.373 e. The molecule has 0 radical (unpaired) electrons. The molecule has 20 heavy (non-hydrogen) atoms. The van der Waals surface area contributed by atoms with E-state index < -0.39 is 0 Å². The topological polar surface area (TPSA) is 65.4 Å². The molecule has 3 atom stereocenters. The van der Waals surface area contributed by atoms with Gasteiger partial charge in [-0.1, -0.05) is 0 Å². The van der Waals surface area contributed by atoms with Crippen LogP contribution in [0.5, 0.6) is 0 Å². The highest BCUT2D eigenvalue weighted by atomic mass is 32.1. The Hall–Kier alpha value is -1.42. The number of anilines is 1. The molecule has 0 unspecified atom stereocenters. The van der Waals surface area contributed by atoms with Crippen LogP contribution in [-0.2, 0) is 9.53 Å². The molecule has 2 rings (SSSR count). The molecular weight excluding hydrogens is 274 g/mol. The van der Waals surface area contributed by atoms with Gasteiger partial charge in [-0.25, -0.2) is 0 Å². The molecule has 0 spiro atoms. The summed E-state index contributed by atoms with van der Waals surface area (Å²) in [6.45, 7) is 7.41. The number of carbonyl (C=O) groups excluding carboxylic acids is 1. The molecule has 0 aliphatic carbocycles. The van der Waals surface area contributed by atoms with Crippen molar-refractivity contribution < 1.29 is 9.53 Å². The first-order chi connectivity index (χ1) is 9.51. The third-order valence-corrected chi connectivity index (χ3v) is 4.23. The first-order valence-electron chi connectivity index (χ1n) is 6.69. The van der Waals surface area contributed by atoms with Crippen molar-refractivity contribution in [2.75, 3.05) is 18.4 Å². The molecule has 1 aromatic rings. The number of hydrogen-bond acceptors (Lipinski definition) is 5. The summed E-state index contributed by atoms with van der Waals surface area (Å²) in [5.74, 6) is -0.0785. The van der Waals surface area contributed by atoms with Crippen molar-refractivity contribution >= 4 is 22.2 Å². The molecule has 6 heteroatoms. The van der Waals surface area contributed by atoms with E-state index in [4.69, 9.17) is 10.00 Å². The van der Waals surface area contributed by atoms with E-state index in [2.05, 4.69) is 16.3 Å². The van der Waals surface area contributed by atoms with Crippen LogP contribution >= 0.6 is 11.3 Å². The third-order valence-electron chi connectivity index (χ3n) is 3.40. The lowest BCUT2D eigenvalue weighted by Gasteiger charge is -2.38. The van der Waals surface area contributed by atoms with Gasteiger partial charge in [-0.05, 0) is 32.2 Å².